The van der Waals surface area contributed by atoms with Crippen LogP contribution in [0.1, 0.15) is 60.3 Å². The van der Waals surface area contributed by atoms with Crippen LogP contribution in [0, 0.1) is 5.41 Å². The number of rotatable bonds is 5. The summed E-state index contributed by atoms with van der Waals surface area (Å²) < 4.78 is 0. The van der Waals surface area contributed by atoms with Crippen molar-refractivity contribution in [2.24, 2.45) is 5.41 Å². The van der Waals surface area contributed by atoms with Crippen molar-refractivity contribution in [3.8, 4) is 0 Å². The van der Waals surface area contributed by atoms with Gasteiger partial charge >= 0.3 is 0 Å². The lowest BCUT2D eigenvalue weighted by Gasteiger charge is -2.35. The molecule has 0 saturated carbocycles. The minimum atomic E-state index is -0.593. The van der Waals surface area contributed by atoms with E-state index < -0.39 is 6.04 Å². The van der Waals surface area contributed by atoms with Crippen LogP contribution in [0.4, 0.5) is 0 Å². The smallest absolute Gasteiger partial charge is 0.246 e. The molecule has 1 aliphatic rings. The molecule has 1 aliphatic heterocycles. The topological polar surface area (TPSA) is 66.5 Å². The molecule has 2 atom stereocenters. The third-order valence-corrected chi connectivity index (χ3v) is 3.86. The van der Waals surface area contributed by atoms with Gasteiger partial charge in [0.05, 0.1) is 6.04 Å². The van der Waals surface area contributed by atoms with Gasteiger partial charge in [-0.2, -0.15) is 0 Å². The molecule has 1 heterocycles. The minimum Gasteiger partial charge on any atom is -0.344 e. The first-order chi connectivity index (χ1) is 9.68. The SMILES string of the molecule is CCCC(=O)C1CCCN1C(=O)C(NC(C)=O)C(C)(C)C. The lowest BCUT2D eigenvalue weighted by molar-refractivity contribution is -0.143. The van der Waals surface area contributed by atoms with Crippen molar-refractivity contribution in [3.63, 3.8) is 0 Å². The van der Waals surface area contributed by atoms with Gasteiger partial charge in [0, 0.05) is 19.9 Å². The fraction of sp³-hybridized carbons (Fsp3) is 0.812. The molecule has 120 valence electrons. The Morgan fingerprint density at radius 3 is 2.38 bits per heavy atom. The number of hydrogen-bond acceptors (Lipinski definition) is 3. The van der Waals surface area contributed by atoms with Gasteiger partial charge in [-0.25, -0.2) is 0 Å². The van der Waals surface area contributed by atoms with Crippen LogP contribution in [0.3, 0.4) is 0 Å². The van der Waals surface area contributed by atoms with Gasteiger partial charge in [0.1, 0.15) is 6.04 Å². The minimum absolute atomic E-state index is 0.135. The second-order valence-corrected chi connectivity index (χ2v) is 6.91. The summed E-state index contributed by atoms with van der Waals surface area (Å²) in [7, 11) is 0. The molecule has 1 N–H and O–H groups in total. The summed E-state index contributed by atoms with van der Waals surface area (Å²) >= 11 is 0. The van der Waals surface area contributed by atoms with Crippen molar-refractivity contribution in [1.82, 2.24) is 10.2 Å². The van der Waals surface area contributed by atoms with Crippen LogP contribution in [0.25, 0.3) is 0 Å². The lowest BCUT2D eigenvalue weighted by atomic mass is 9.85. The van der Waals surface area contributed by atoms with E-state index in [2.05, 4.69) is 5.32 Å². The van der Waals surface area contributed by atoms with E-state index in [1.54, 1.807) is 4.90 Å². The highest BCUT2D eigenvalue weighted by Crippen LogP contribution is 2.26. The van der Waals surface area contributed by atoms with Crippen LogP contribution < -0.4 is 5.32 Å². The van der Waals surface area contributed by atoms with E-state index in [0.29, 0.717) is 13.0 Å². The Balaban J connectivity index is 2.91. The van der Waals surface area contributed by atoms with Gasteiger partial charge < -0.3 is 10.2 Å². The number of hydrogen-bond donors (Lipinski definition) is 1. The zero-order valence-electron chi connectivity index (χ0n) is 13.9. The number of Topliss-reactive ketones (excluding diaryl/α,β-unsaturated/α-hetero) is 1. The van der Waals surface area contributed by atoms with E-state index in [-0.39, 0.29) is 29.1 Å². The zero-order valence-corrected chi connectivity index (χ0v) is 13.9. The first-order valence-electron chi connectivity index (χ1n) is 7.78. The van der Waals surface area contributed by atoms with Gasteiger partial charge in [-0.1, -0.05) is 27.7 Å². The molecule has 5 heteroatoms. The molecule has 0 aromatic rings. The molecule has 21 heavy (non-hydrogen) atoms. The van der Waals surface area contributed by atoms with Gasteiger partial charge in [0.25, 0.3) is 0 Å². The lowest BCUT2D eigenvalue weighted by Crippen LogP contribution is -2.56. The second-order valence-electron chi connectivity index (χ2n) is 6.91. The molecule has 1 rings (SSSR count). The van der Waals surface area contributed by atoms with Crippen molar-refractivity contribution in [1.29, 1.82) is 0 Å². The molecule has 1 saturated heterocycles. The fourth-order valence-electron chi connectivity index (χ4n) is 2.80. The average molecular weight is 296 g/mol. The number of nitrogens with one attached hydrogen (secondary N) is 1. The summed E-state index contributed by atoms with van der Waals surface area (Å²) in [6, 6.07) is -0.902. The molecule has 0 spiro atoms. The van der Waals surface area contributed by atoms with E-state index in [4.69, 9.17) is 0 Å². The third-order valence-electron chi connectivity index (χ3n) is 3.86. The molecule has 1 fully saturated rings. The first kappa shape index (κ1) is 17.7. The van der Waals surface area contributed by atoms with Gasteiger partial charge in [0.2, 0.25) is 11.8 Å². The predicted molar refractivity (Wildman–Crippen MR) is 81.7 cm³/mol. The highest BCUT2D eigenvalue weighted by atomic mass is 16.2. The molecule has 0 aromatic carbocycles. The molecule has 5 nitrogen and oxygen atoms in total. The van der Waals surface area contributed by atoms with Crippen molar-refractivity contribution in [3.05, 3.63) is 0 Å². The van der Waals surface area contributed by atoms with E-state index in [9.17, 15) is 14.4 Å². The van der Waals surface area contributed by atoms with Crippen molar-refractivity contribution < 1.29 is 14.4 Å². The maximum atomic E-state index is 12.8. The maximum Gasteiger partial charge on any atom is 0.246 e. The van der Waals surface area contributed by atoms with Gasteiger partial charge in [0.15, 0.2) is 5.78 Å². The van der Waals surface area contributed by atoms with Crippen LogP contribution in [0.15, 0.2) is 0 Å². The number of carbonyl (C=O) groups excluding carboxylic acids is 3. The number of carbonyl (C=O) groups is 3. The maximum absolute atomic E-state index is 12.8. The van der Waals surface area contributed by atoms with E-state index in [0.717, 1.165) is 19.3 Å². The summed E-state index contributed by atoms with van der Waals surface area (Å²) in [4.78, 5) is 38.0. The van der Waals surface area contributed by atoms with Gasteiger partial charge in [-0.15, -0.1) is 0 Å². The molecule has 2 amide bonds. The fourth-order valence-corrected chi connectivity index (χ4v) is 2.80. The van der Waals surface area contributed by atoms with Crippen molar-refractivity contribution >= 4 is 17.6 Å². The monoisotopic (exact) mass is 296 g/mol. The molecular weight excluding hydrogens is 268 g/mol. The number of amides is 2. The Hall–Kier alpha value is -1.39. The largest absolute Gasteiger partial charge is 0.344 e. The van der Waals surface area contributed by atoms with Crippen molar-refractivity contribution in [2.45, 2.75) is 72.4 Å². The molecule has 0 aromatic heterocycles. The summed E-state index contributed by atoms with van der Waals surface area (Å²) in [6.07, 6.45) is 2.89. The average Bonchev–Trinajstić information content (AvgIpc) is 2.83. The van der Waals surface area contributed by atoms with E-state index >= 15 is 0 Å². The molecule has 0 bridgehead atoms. The first-order valence-corrected chi connectivity index (χ1v) is 7.78. The quantitative estimate of drug-likeness (QED) is 0.842. The summed E-state index contributed by atoms with van der Waals surface area (Å²) in [5.41, 5.74) is -0.385. The highest BCUT2D eigenvalue weighted by Gasteiger charge is 2.40. The van der Waals surface area contributed by atoms with E-state index in [1.165, 1.54) is 6.92 Å². The summed E-state index contributed by atoms with van der Waals surface area (Å²) in [5.74, 6) is -0.220. The van der Waals surface area contributed by atoms with Crippen LogP contribution in [-0.4, -0.2) is 41.1 Å². The molecular formula is C16H28N2O3. The summed E-state index contributed by atoms with van der Waals surface area (Å²) in [6.45, 7) is 9.74. The number of nitrogens with zero attached hydrogens (tertiary/aromatic N) is 1. The van der Waals surface area contributed by atoms with Crippen LogP contribution >= 0.6 is 0 Å². The molecule has 0 aliphatic carbocycles. The summed E-state index contributed by atoms with van der Waals surface area (Å²) in [5, 5.41) is 2.75. The van der Waals surface area contributed by atoms with Gasteiger partial charge in [-0.3, -0.25) is 14.4 Å². The molecule has 2 unspecified atom stereocenters. The predicted octanol–water partition coefficient (Wildman–Crippen LogP) is 1.90. The number of ketones is 1. The standard InChI is InChI=1S/C16H28N2O3/c1-6-8-13(20)12-9-7-10-18(12)15(21)14(16(3,4)5)17-11(2)19/h12,14H,6-10H2,1-5H3,(H,17,19). The highest BCUT2D eigenvalue weighted by molar-refractivity contribution is 5.93. The normalized spacial score (nSPS) is 20.2. The Labute approximate surface area is 127 Å². The second kappa shape index (κ2) is 7.05. The Bertz CT molecular complexity index is 412. The molecule has 0 radical (unpaired) electrons. The van der Waals surface area contributed by atoms with Gasteiger partial charge in [-0.05, 0) is 24.7 Å². The van der Waals surface area contributed by atoms with Crippen molar-refractivity contribution in [2.75, 3.05) is 6.54 Å². The van der Waals surface area contributed by atoms with Crippen LogP contribution in [0.2, 0.25) is 0 Å². The van der Waals surface area contributed by atoms with Crippen LogP contribution in [-0.2, 0) is 14.4 Å². The van der Waals surface area contributed by atoms with E-state index in [1.807, 2.05) is 27.7 Å². The Morgan fingerprint density at radius 2 is 1.90 bits per heavy atom. The zero-order chi connectivity index (χ0) is 16.2. The third kappa shape index (κ3) is 4.55. The number of likely N-dealkylation sites (tertiary alicyclic amines) is 1. The Morgan fingerprint density at radius 1 is 1.29 bits per heavy atom. The Kier molecular flexibility index (Phi) is 5.93. The van der Waals surface area contributed by atoms with Crippen LogP contribution in [0.5, 0.6) is 0 Å².